The van der Waals surface area contributed by atoms with E-state index in [0.29, 0.717) is 13.0 Å². The maximum atomic E-state index is 11.3. The van der Waals surface area contributed by atoms with E-state index >= 15 is 0 Å². The van der Waals surface area contributed by atoms with Gasteiger partial charge >= 0.3 is 11.9 Å². The van der Waals surface area contributed by atoms with E-state index < -0.39 is 11.9 Å². The standard InChI is InChI=1S/C13H16BrNO3/c1-3-18-13(17)12(16)15-7-6-10-8-11(14)5-4-9(10)2/h4-5,8H,3,6-7H2,1-2H3,(H,15,16). The van der Waals surface area contributed by atoms with Gasteiger partial charge in [0.15, 0.2) is 0 Å². The third-order valence-electron chi connectivity index (χ3n) is 2.45. The van der Waals surface area contributed by atoms with Crippen LogP contribution in [0.5, 0.6) is 0 Å². The zero-order valence-electron chi connectivity index (χ0n) is 10.5. The Morgan fingerprint density at radius 3 is 2.78 bits per heavy atom. The number of nitrogens with one attached hydrogen (secondary N) is 1. The van der Waals surface area contributed by atoms with Gasteiger partial charge in [0.25, 0.3) is 0 Å². The lowest BCUT2D eigenvalue weighted by atomic mass is 10.1. The van der Waals surface area contributed by atoms with Gasteiger partial charge in [-0.05, 0) is 43.5 Å². The zero-order chi connectivity index (χ0) is 13.5. The van der Waals surface area contributed by atoms with Gasteiger partial charge in [0.1, 0.15) is 0 Å². The second-order valence-corrected chi connectivity index (χ2v) is 4.71. The van der Waals surface area contributed by atoms with E-state index in [9.17, 15) is 9.59 Å². The molecule has 0 aliphatic rings. The van der Waals surface area contributed by atoms with Crippen LogP contribution in [0.1, 0.15) is 18.1 Å². The van der Waals surface area contributed by atoms with Gasteiger partial charge in [-0.2, -0.15) is 0 Å². The van der Waals surface area contributed by atoms with Crippen LogP contribution in [0.4, 0.5) is 0 Å². The molecule has 0 aliphatic heterocycles. The lowest BCUT2D eigenvalue weighted by Crippen LogP contribution is -2.33. The Bertz CT molecular complexity index is 446. The summed E-state index contributed by atoms with van der Waals surface area (Å²) in [7, 11) is 0. The van der Waals surface area contributed by atoms with Crippen LogP contribution < -0.4 is 5.32 Å². The number of amides is 1. The van der Waals surface area contributed by atoms with Gasteiger partial charge in [0, 0.05) is 11.0 Å². The third-order valence-corrected chi connectivity index (χ3v) is 2.95. The molecule has 0 heterocycles. The number of carbonyl (C=O) groups is 2. The first-order valence-electron chi connectivity index (χ1n) is 5.74. The Balaban J connectivity index is 2.44. The minimum absolute atomic E-state index is 0.205. The Hall–Kier alpha value is -1.36. The second-order valence-electron chi connectivity index (χ2n) is 3.80. The highest BCUT2D eigenvalue weighted by molar-refractivity contribution is 9.10. The summed E-state index contributed by atoms with van der Waals surface area (Å²) in [5, 5.41) is 2.53. The van der Waals surface area contributed by atoms with Gasteiger partial charge in [0.2, 0.25) is 0 Å². The molecule has 4 nitrogen and oxygen atoms in total. The fourth-order valence-electron chi connectivity index (χ4n) is 1.49. The van der Waals surface area contributed by atoms with Crippen molar-refractivity contribution in [3.8, 4) is 0 Å². The molecule has 18 heavy (non-hydrogen) atoms. The van der Waals surface area contributed by atoms with Gasteiger partial charge in [-0.1, -0.05) is 22.0 Å². The number of carbonyl (C=O) groups excluding carboxylic acids is 2. The molecule has 0 spiro atoms. The molecular weight excluding hydrogens is 298 g/mol. The van der Waals surface area contributed by atoms with Crippen molar-refractivity contribution in [3.05, 3.63) is 33.8 Å². The van der Waals surface area contributed by atoms with Gasteiger partial charge in [0.05, 0.1) is 6.61 Å². The minimum atomic E-state index is -0.830. The molecule has 1 N–H and O–H groups in total. The molecule has 0 saturated heterocycles. The van der Waals surface area contributed by atoms with Crippen LogP contribution in [0.25, 0.3) is 0 Å². The van der Waals surface area contributed by atoms with Crippen LogP contribution in [-0.2, 0) is 20.7 Å². The Labute approximate surface area is 115 Å². The summed E-state index contributed by atoms with van der Waals surface area (Å²) in [6.07, 6.45) is 0.677. The summed E-state index contributed by atoms with van der Waals surface area (Å²) in [5.74, 6) is -1.52. The molecule has 1 amide bonds. The lowest BCUT2D eigenvalue weighted by Gasteiger charge is -2.07. The Morgan fingerprint density at radius 1 is 1.39 bits per heavy atom. The number of ether oxygens (including phenoxy) is 1. The van der Waals surface area contributed by atoms with Crippen molar-refractivity contribution in [1.29, 1.82) is 0 Å². The monoisotopic (exact) mass is 313 g/mol. The third kappa shape index (κ3) is 4.49. The summed E-state index contributed by atoms with van der Waals surface area (Å²) in [5.41, 5.74) is 2.29. The quantitative estimate of drug-likeness (QED) is 0.683. The van der Waals surface area contributed by atoms with E-state index in [1.165, 1.54) is 0 Å². The van der Waals surface area contributed by atoms with Crippen molar-refractivity contribution in [2.45, 2.75) is 20.3 Å². The van der Waals surface area contributed by atoms with Gasteiger partial charge in [-0.15, -0.1) is 0 Å². The molecule has 1 aromatic carbocycles. The first-order chi connectivity index (χ1) is 8.54. The number of rotatable bonds is 4. The predicted octanol–water partition coefficient (Wildman–Crippen LogP) is 1.98. The van der Waals surface area contributed by atoms with Crippen molar-refractivity contribution >= 4 is 27.8 Å². The van der Waals surface area contributed by atoms with Crippen LogP contribution in [0.2, 0.25) is 0 Å². The average molecular weight is 314 g/mol. The van der Waals surface area contributed by atoms with Crippen molar-refractivity contribution in [3.63, 3.8) is 0 Å². The normalized spacial score (nSPS) is 9.94. The van der Waals surface area contributed by atoms with Crippen LogP contribution in [-0.4, -0.2) is 25.0 Å². The van der Waals surface area contributed by atoms with Gasteiger partial charge in [-0.25, -0.2) is 4.79 Å². The van der Waals surface area contributed by atoms with Crippen LogP contribution in [0.3, 0.4) is 0 Å². The molecule has 5 heteroatoms. The van der Waals surface area contributed by atoms with E-state index in [4.69, 9.17) is 0 Å². The molecule has 0 atom stereocenters. The summed E-state index contributed by atoms with van der Waals surface area (Å²) in [4.78, 5) is 22.3. The fourth-order valence-corrected chi connectivity index (χ4v) is 1.90. The summed E-state index contributed by atoms with van der Waals surface area (Å²) < 4.78 is 5.59. The van der Waals surface area contributed by atoms with Crippen molar-refractivity contribution in [2.24, 2.45) is 0 Å². The van der Waals surface area contributed by atoms with Gasteiger partial charge in [-0.3, -0.25) is 4.79 Å². The highest BCUT2D eigenvalue weighted by Gasteiger charge is 2.13. The number of aryl methyl sites for hydroxylation is 1. The first-order valence-corrected chi connectivity index (χ1v) is 6.54. The molecule has 0 bridgehead atoms. The number of hydrogen-bond donors (Lipinski definition) is 1. The van der Waals surface area contributed by atoms with Crippen molar-refractivity contribution in [2.75, 3.05) is 13.2 Å². The molecule has 0 aliphatic carbocycles. The molecular formula is C13H16BrNO3. The van der Waals surface area contributed by atoms with E-state index in [1.807, 2.05) is 25.1 Å². The molecule has 0 saturated carbocycles. The van der Waals surface area contributed by atoms with E-state index in [0.717, 1.165) is 15.6 Å². The molecule has 98 valence electrons. The van der Waals surface area contributed by atoms with Gasteiger partial charge < -0.3 is 10.1 Å². The molecule has 1 rings (SSSR count). The van der Waals surface area contributed by atoms with E-state index in [2.05, 4.69) is 26.0 Å². The molecule has 0 aromatic heterocycles. The van der Waals surface area contributed by atoms with E-state index in [1.54, 1.807) is 6.92 Å². The second kappa shape index (κ2) is 7.16. The predicted molar refractivity (Wildman–Crippen MR) is 72.2 cm³/mol. The maximum absolute atomic E-state index is 11.3. The fraction of sp³-hybridized carbons (Fsp3) is 0.385. The van der Waals surface area contributed by atoms with Crippen LogP contribution >= 0.6 is 15.9 Å². The highest BCUT2D eigenvalue weighted by Crippen LogP contribution is 2.16. The largest absolute Gasteiger partial charge is 0.459 e. The van der Waals surface area contributed by atoms with Crippen molar-refractivity contribution < 1.29 is 14.3 Å². The van der Waals surface area contributed by atoms with E-state index in [-0.39, 0.29) is 6.61 Å². The molecule has 0 radical (unpaired) electrons. The number of hydrogen-bond acceptors (Lipinski definition) is 3. The average Bonchev–Trinajstić information content (AvgIpc) is 2.33. The molecule has 0 unspecified atom stereocenters. The summed E-state index contributed by atoms with van der Waals surface area (Å²) in [6, 6.07) is 5.98. The van der Waals surface area contributed by atoms with Crippen LogP contribution in [0.15, 0.2) is 22.7 Å². The Morgan fingerprint density at radius 2 is 2.11 bits per heavy atom. The number of esters is 1. The minimum Gasteiger partial charge on any atom is -0.459 e. The SMILES string of the molecule is CCOC(=O)C(=O)NCCc1cc(Br)ccc1C. The first kappa shape index (κ1) is 14.7. The lowest BCUT2D eigenvalue weighted by molar-refractivity contribution is -0.154. The smallest absolute Gasteiger partial charge is 0.396 e. The number of benzene rings is 1. The summed E-state index contributed by atoms with van der Waals surface area (Å²) in [6.45, 7) is 4.29. The maximum Gasteiger partial charge on any atom is 0.396 e. The summed E-state index contributed by atoms with van der Waals surface area (Å²) >= 11 is 3.40. The van der Waals surface area contributed by atoms with Crippen LogP contribution in [0, 0.1) is 6.92 Å². The highest BCUT2D eigenvalue weighted by atomic mass is 79.9. The topological polar surface area (TPSA) is 55.4 Å². The molecule has 0 fully saturated rings. The van der Waals surface area contributed by atoms with Crippen molar-refractivity contribution in [1.82, 2.24) is 5.32 Å². The zero-order valence-corrected chi connectivity index (χ0v) is 12.0. The molecule has 1 aromatic rings. The Kier molecular flexibility index (Phi) is 5.85. The number of halogens is 1.